The maximum absolute atomic E-state index is 12.3. The summed E-state index contributed by atoms with van der Waals surface area (Å²) >= 11 is 0. The predicted molar refractivity (Wildman–Crippen MR) is 94.7 cm³/mol. The second kappa shape index (κ2) is 8.97. The molecule has 26 heavy (non-hydrogen) atoms. The molecule has 0 unspecified atom stereocenters. The van der Waals surface area contributed by atoms with E-state index in [1.807, 2.05) is 51.2 Å². The van der Waals surface area contributed by atoms with Crippen LogP contribution in [0.2, 0.25) is 0 Å². The van der Waals surface area contributed by atoms with Gasteiger partial charge in [-0.25, -0.2) is 14.4 Å². The van der Waals surface area contributed by atoms with Gasteiger partial charge >= 0.3 is 18.0 Å². The number of aromatic nitrogens is 1. The number of para-hydroxylation sites is 1. The fourth-order valence-electron chi connectivity index (χ4n) is 2.12. The molecular formula is C17H23N3O6. The number of carboxylic acid groups (broad SMARTS) is 2. The van der Waals surface area contributed by atoms with E-state index in [2.05, 4.69) is 5.43 Å². The lowest BCUT2D eigenvalue weighted by Gasteiger charge is -2.19. The van der Waals surface area contributed by atoms with Crippen LogP contribution in [0.15, 0.2) is 30.5 Å². The molecule has 0 atom stereocenters. The Morgan fingerprint density at radius 3 is 2.23 bits per heavy atom. The maximum Gasteiger partial charge on any atom is 0.419 e. The van der Waals surface area contributed by atoms with E-state index < -0.39 is 17.5 Å². The van der Waals surface area contributed by atoms with Gasteiger partial charge in [-0.15, -0.1) is 0 Å². The highest BCUT2D eigenvalue weighted by molar-refractivity contribution is 6.27. The standard InChI is InChI=1S/C15H21N3O2.C2H2O4/c1-15(2,3)20-14(19)18-10-11(8-9-17-16)12-6-4-5-7-13(12)18;3-1(4)2(5)6/h4-7,10,17H,8-9,16H2,1-3H3;(H,3,4)(H,5,6). The molecule has 0 bridgehead atoms. The number of fused-ring (bicyclic) bond motifs is 1. The third kappa shape index (κ3) is 6.19. The summed E-state index contributed by atoms with van der Waals surface area (Å²) in [5.41, 5.74) is 4.05. The van der Waals surface area contributed by atoms with Crippen LogP contribution in [0.5, 0.6) is 0 Å². The first kappa shape index (κ1) is 21.1. The van der Waals surface area contributed by atoms with Gasteiger partial charge in [0.1, 0.15) is 5.60 Å². The van der Waals surface area contributed by atoms with Crippen molar-refractivity contribution >= 4 is 28.9 Å². The van der Waals surface area contributed by atoms with Crippen LogP contribution in [-0.2, 0) is 20.7 Å². The van der Waals surface area contributed by atoms with E-state index in [0.717, 1.165) is 22.9 Å². The van der Waals surface area contributed by atoms with Crippen LogP contribution < -0.4 is 11.3 Å². The third-order valence-electron chi connectivity index (χ3n) is 3.11. The summed E-state index contributed by atoms with van der Waals surface area (Å²) in [4.78, 5) is 30.5. The second-order valence-corrected chi connectivity index (χ2v) is 6.34. The molecule has 0 radical (unpaired) electrons. The van der Waals surface area contributed by atoms with E-state index in [1.54, 1.807) is 4.57 Å². The molecule has 0 aliphatic heterocycles. The Hall–Kier alpha value is -2.91. The van der Waals surface area contributed by atoms with Crippen molar-refractivity contribution in [2.75, 3.05) is 6.54 Å². The molecule has 1 aromatic heterocycles. The summed E-state index contributed by atoms with van der Waals surface area (Å²) in [7, 11) is 0. The largest absolute Gasteiger partial charge is 0.473 e. The van der Waals surface area contributed by atoms with Crippen LogP contribution in [0.25, 0.3) is 10.9 Å². The van der Waals surface area contributed by atoms with Crippen molar-refractivity contribution in [1.82, 2.24) is 9.99 Å². The van der Waals surface area contributed by atoms with Crippen molar-refractivity contribution in [3.05, 3.63) is 36.0 Å². The number of ether oxygens (including phenoxy) is 1. The third-order valence-corrected chi connectivity index (χ3v) is 3.11. The first-order valence-electron chi connectivity index (χ1n) is 7.79. The summed E-state index contributed by atoms with van der Waals surface area (Å²) in [5.74, 6) is 1.67. The number of nitrogens with two attached hydrogens (primary N) is 1. The first-order valence-corrected chi connectivity index (χ1v) is 7.79. The molecule has 0 spiro atoms. The average Bonchev–Trinajstić information content (AvgIpc) is 2.91. The van der Waals surface area contributed by atoms with Gasteiger partial charge in [0.05, 0.1) is 5.52 Å². The highest BCUT2D eigenvalue weighted by Gasteiger charge is 2.20. The lowest BCUT2D eigenvalue weighted by Crippen LogP contribution is -2.26. The Morgan fingerprint density at radius 1 is 1.15 bits per heavy atom. The minimum absolute atomic E-state index is 0.361. The molecule has 0 aliphatic rings. The van der Waals surface area contributed by atoms with Crippen molar-refractivity contribution in [3.8, 4) is 0 Å². The van der Waals surface area contributed by atoms with Crippen LogP contribution >= 0.6 is 0 Å². The smallest absolute Gasteiger partial charge is 0.419 e. The number of nitrogens with one attached hydrogen (secondary N) is 1. The first-order chi connectivity index (χ1) is 12.1. The van der Waals surface area contributed by atoms with Crippen molar-refractivity contribution in [2.45, 2.75) is 32.8 Å². The van der Waals surface area contributed by atoms with Gasteiger partial charge in [0.25, 0.3) is 0 Å². The monoisotopic (exact) mass is 365 g/mol. The van der Waals surface area contributed by atoms with Gasteiger partial charge in [0, 0.05) is 18.1 Å². The maximum atomic E-state index is 12.3. The molecule has 0 aliphatic carbocycles. The molecule has 9 nitrogen and oxygen atoms in total. The quantitative estimate of drug-likeness (QED) is 0.365. The molecule has 1 heterocycles. The zero-order valence-electron chi connectivity index (χ0n) is 14.9. The van der Waals surface area contributed by atoms with Gasteiger partial charge in [0.2, 0.25) is 0 Å². The molecule has 0 fully saturated rings. The van der Waals surface area contributed by atoms with Crippen molar-refractivity contribution < 1.29 is 29.3 Å². The Bertz CT molecular complexity index is 779. The lowest BCUT2D eigenvalue weighted by molar-refractivity contribution is -0.159. The van der Waals surface area contributed by atoms with E-state index in [0.29, 0.717) is 6.54 Å². The number of rotatable bonds is 3. The number of carbonyl (C=O) groups is 3. The Labute approximate surface area is 150 Å². The van der Waals surface area contributed by atoms with E-state index in [-0.39, 0.29) is 6.09 Å². The molecule has 1 aromatic carbocycles. The number of benzene rings is 1. The molecule has 142 valence electrons. The fraction of sp³-hybridized carbons (Fsp3) is 0.353. The topological polar surface area (TPSA) is 144 Å². The molecular weight excluding hydrogens is 342 g/mol. The van der Waals surface area contributed by atoms with Gasteiger partial charge in [0.15, 0.2) is 0 Å². The second-order valence-electron chi connectivity index (χ2n) is 6.34. The molecule has 0 amide bonds. The summed E-state index contributed by atoms with van der Waals surface area (Å²) in [6.45, 7) is 6.23. The summed E-state index contributed by atoms with van der Waals surface area (Å²) in [6.07, 6.45) is 2.23. The van der Waals surface area contributed by atoms with E-state index in [4.69, 9.17) is 30.4 Å². The molecule has 0 saturated heterocycles. The zero-order valence-corrected chi connectivity index (χ0v) is 14.9. The molecule has 9 heteroatoms. The van der Waals surface area contributed by atoms with E-state index in [9.17, 15) is 4.79 Å². The number of aliphatic carboxylic acids is 2. The van der Waals surface area contributed by atoms with Gasteiger partial charge in [-0.05, 0) is 38.8 Å². The van der Waals surface area contributed by atoms with Crippen molar-refractivity contribution in [3.63, 3.8) is 0 Å². The number of carboxylic acids is 2. The Morgan fingerprint density at radius 2 is 1.73 bits per heavy atom. The van der Waals surface area contributed by atoms with Crippen LogP contribution in [0.3, 0.4) is 0 Å². The number of nitrogens with zero attached hydrogens (tertiary/aromatic N) is 1. The predicted octanol–water partition coefficient (Wildman–Crippen LogP) is 1.59. The zero-order chi connectivity index (χ0) is 19.9. The summed E-state index contributed by atoms with van der Waals surface area (Å²) in [5, 5.41) is 15.8. The number of hydrogen-bond donors (Lipinski definition) is 4. The Balaban J connectivity index is 0.000000487. The lowest BCUT2D eigenvalue weighted by atomic mass is 10.1. The molecule has 2 rings (SSSR count). The van der Waals surface area contributed by atoms with Gasteiger partial charge < -0.3 is 14.9 Å². The SMILES string of the molecule is CC(C)(C)OC(=O)n1cc(CCNN)c2ccccc21.O=C(O)C(=O)O. The van der Waals surface area contributed by atoms with Gasteiger partial charge in [-0.1, -0.05) is 18.2 Å². The highest BCUT2D eigenvalue weighted by atomic mass is 16.6. The van der Waals surface area contributed by atoms with Gasteiger partial charge in [-0.3, -0.25) is 15.8 Å². The summed E-state index contributed by atoms with van der Waals surface area (Å²) in [6, 6.07) is 7.79. The van der Waals surface area contributed by atoms with Crippen LogP contribution in [-0.4, -0.2) is 45.0 Å². The minimum atomic E-state index is -1.82. The summed E-state index contributed by atoms with van der Waals surface area (Å²) < 4.78 is 7.00. The van der Waals surface area contributed by atoms with Crippen LogP contribution in [0.4, 0.5) is 4.79 Å². The minimum Gasteiger partial charge on any atom is -0.473 e. The molecule has 5 N–H and O–H groups in total. The molecule has 0 saturated carbocycles. The number of hydrazine groups is 1. The number of hydrogen-bond acceptors (Lipinski definition) is 6. The normalized spacial score (nSPS) is 10.8. The highest BCUT2D eigenvalue weighted by Crippen LogP contribution is 2.23. The van der Waals surface area contributed by atoms with Crippen molar-refractivity contribution in [1.29, 1.82) is 0 Å². The Kier molecular flexibility index (Phi) is 7.29. The fourth-order valence-corrected chi connectivity index (χ4v) is 2.12. The molecule has 2 aromatic rings. The van der Waals surface area contributed by atoms with Crippen molar-refractivity contribution in [2.24, 2.45) is 5.84 Å². The average molecular weight is 365 g/mol. The van der Waals surface area contributed by atoms with E-state index >= 15 is 0 Å². The van der Waals surface area contributed by atoms with Gasteiger partial charge in [-0.2, -0.15) is 0 Å². The number of carbonyl (C=O) groups excluding carboxylic acids is 1. The van der Waals surface area contributed by atoms with Crippen LogP contribution in [0, 0.1) is 0 Å². The van der Waals surface area contributed by atoms with E-state index in [1.165, 1.54) is 0 Å². The van der Waals surface area contributed by atoms with Crippen LogP contribution in [0.1, 0.15) is 26.3 Å².